The van der Waals surface area contributed by atoms with Gasteiger partial charge < -0.3 is 4.84 Å². The number of carbonyl (C=O) groups is 3. The number of amides is 2. The van der Waals surface area contributed by atoms with E-state index in [0.29, 0.717) is 6.08 Å². The van der Waals surface area contributed by atoms with E-state index in [4.69, 9.17) is 0 Å². The number of hydrogen-bond acceptors (Lipinski definition) is 4. The predicted octanol–water partition coefficient (Wildman–Crippen LogP) is -0.324. The third-order valence-electron chi connectivity index (χ3n) is 1.48. The summed E-state index contributed by atoms with van der Waals surface area (Å²) >= 11 is 0. The average Bonchev–Trinajstić information content (AvgIpc) is 2.35. The van der Waals surface area contributed by atoms with Crippen molar-refractivity contribution in [1.82, 2.24) is 5.06 Å². The molecule has 2 amide bonds. The van der Waals surface area contributed by atoms with Crippen molar-refractivity contribution >= 4 is 17.8 Å². The maximum absolute atomic E-state index is 12.6. The van der Waals surface area contributed by atoms with Crippen LogP contribution >= 0.6 is 0 Å². The van der Waals surface area contributed by atoms with Crippen molar-refractivity contribution < 1.29 is 28.0 Å². The highest BCUT2D eigenvalue weighted by molar-refractivity contribution is 6.07. The Labute approximate surface area is 76.9 Å². The smallest absolute Gasteiger partial charge is 0.325 e. The summed E-state index contributed by atoms with van der Waals surface area (Å²) in [5, 5.41) is -0.237. The highest BCUT2D eigenvalue weighted by atomic mass is 19.2. The summed E-state index contributed by atoms with van der Waals surface area (Å²) in [4.78, 5) is 36.1. The van der Waals surface area contributed by atoms with Gasteiger partial charge in [-0.1, -0.05) is 11.6 Å². The van der Waals surface area contributed by atoms with Crippen LogP contribution in [0.2, 0.25) is 0 Å². The third kappa shape index (κ3) is 1.48. The van der Waals surface area contributed by atoms with Gasteiger partial charge in [-0.25, -0.2) is 13.6 Å². The second kappa shape index (κ2) is 3.52. The van der Waals surface area contributed by atoms with E-state index in [0.717, 1.165) is 0 Å². The fraction of sp³-hybridized carbons (Fsp3) is 0.286. The summed E-state index contributed by atoms with van der Waals surface area (Å²) in [6.45, 7) is 2.98. The number of hydroxylamine groups is 2. The molecule has 0 spiro atoms. The summed E-state index contributed by atoms with van der Waals surface area (Å²) < 4.78 is 25.1. The second-order valence-corrected chi connectivity index (χ2v) is 2.39. The molecule has 1 aliphatic heterocycles. The minimum Gasteiger partial charge on any atom is -0.325 e. The zero-order chi connectivity index (χ0) is 10.9. The molecule has 0 N–H and O–H groups in total. The lowest BCUT2D eigenvalue weighted by atomic mass is 10.3. The van der Waals surface area contributed by atoms with Crippen LogP contribution in [-0.4, -0.2) is 35.2 Å². The lowest BCUT2D eigenvalue weighted by molar-refractivity contribution is -0.195. The molecule has 0 radical (unpaired) electrons. The summed E-state index contributed by atoms with van der Waals surface area (Å²) in [6.07, 6.45) is -4.57. The highest BCUT2D eigenvalue weighted by Crippen LogP contribution is 2.20. The molecule has 14 heavy (non-hydrogen) atoms. The van der Waals surface area contributed by atoms with Crippen molar-refractivity contribution in [2.24, 2.45) is 0 Å². The van der Waals surface area contributed by atoms with Gasteiger partial charge in [0.15, 0.2) is 0 Å². The molecule has 1 rings (SSSR count). The number of carbonyl (C=O) groups excluding carboxylic acids is 3. The van der Waals surface area contributed by atoms with Gasteiger partial charge in [0.1, 0.15) is 0 Å². The van der Waals surface area contributed by atoms with Crippen LogP contribution in [0.1, 0.15) is 0 Å². The first-order valence-corrected chi connectivity index (χ1v) is 3.49. The number of nitrogens with zero attached hydrogens (tertiary/aromatic N) is 1. The van der Waals surface area contributed by atoms with Crippen molar-refractivity contribution in [2.45, 2.75) is 12.3 Å². The molecule has 1 aliphatic rings. The van der Waals surface area contributed by atoms with Crippen LogP contribution in [0.3, 0.4) is 0 Å². The number of imide groups is 1. The largest absolute Gasteiger partial charge is 0.356 e. The molecule has 1 heterocycles. The lowest BCUT2D eigenvalue weighted by Crippen LogP contribution is -2.33. The molecule has 76 valence electrons. The molecule has 0 saturated carbocycles. The van der Waals surface area contributed by atoms with Crippen LogP contribution in [0.15, 0.2) is 12.7 Å². The van der Waals surface area contributed by atoms with Gasteiger partial charge in [0.2, 0.25) is 12.3 Å². The minimum atomic E-state index is -2.61. The quantitative estimate of drug-likeness (QED) is 0.457. The molecule has 1 saturated heterocycles. The van der Waals surface area contributed by atoms with E-state index in [2.05, 4.69) is 11.4 Å². The molecule has 2 unspecified atom stereocenters. The number of hydrogen-bond donors (Lipinski definition) is 0. The molecule has 0 aromatic carbocycles. The molecule has 0 aliphatic carbocycles. The normalized spacial score (nSPS) is 26.6. The monoisotopic (exact) mass is 205 g/mol. The van der Waals surface area contributed by atoms with Gasteiger partial charge in [0, 0.05) is 6.08 Å². The SMILES string of the molecule is C=CC(=O)ON1C(=O)C(F)C(F)C1=O. The van der Waals surface area contributed by atoms with E-state index in [1.807, 2.05) is 0 Å². The molecule has 0 aromatic rings. The molecular weight excluding hydrogens is 200 g/mol. The average molecular weight is 205 g/mol. The zero-order valence-electron chi connectivity index (χ0n) is 6.78. The Balaban J connectivity index is 2.80. The van der Waals surface area contributed by atoms with E-state index < -0.39 is 30.1 Å². The van der Waals surface area contributed by atoms with Gasteiger partial charge in [-0.15, -0.1) is 0 Å². The Morgan fingerprint density at radius 1 is 1.36 bits per heavy atom. The first kappa shape index (κ1) is 10.3. The Bertz CT molecular complexity index is 297. The lowest BCUT2D eigenvalue weighted by Gasteiger charge is -2.09. The molecule has 0 aromatic heterocycles. The van der Waals surface area contributed by atoms with Crippen LogP contribution in [0, 0.1) is 0 Å². The number of halogens is 2. The fourth-order valence-electron chi connectivity index (χ4n) is 0.800. The summed E-state index contributed by atoms with van der Waals surface area (Å²) in [5.74, 6) is -4.21. The van der Waals surface area contributed by atoms with Gasteiger partial charge >= 0.3 is 17.8 Å². The van der Waals surface area contributed by atoms with Crippen LogP contribution in [0.25, 0.3) is 0 Å². The number of alkyl halides is 2. The molecule has 0 bridgehead atoms. The third-order valence-corrected chi connectivity index (χ3v) is 1.48. The van der Waals surface area contributed by atoms with E-state index >= 15 is 0 Å². The second-order valence-electron chi connectivity index (χ2n) is 2.39. The summed E-state index contributed by atoms with van der Waals surface area (Å²) in [7, 11) is 0. The molecule has 5 nitrogen and oxygen atoms in total. The topological polar surface area (TPSA) is 63.7 Å². The zero-order valence-corrected chi connectivity index (χ0v) is 6.78. The minimum absolute atomic E-state index is 0.237. The maximum Gasteiger partial charge on any atom is 0.356 e. The summed E-state index contributed by atoms with van der Waals surface area (Å²) in [5.41, 5.74) is 0. The standard InChI is InChI=1S/C7H5F2NO4/c1-2-3(11)14-10-6(12)4(8)5(9)7(10)13/h2,4-5H,1H2. The predicted molar refractivity (Wildman–Crippen MR) is 37.9 cm³/mol. The van der Waals surface area contributed by atoms with Gasteiger partial charge in [0.25, 0.3) is 0 Å². The Hall–Kier alpha value is -1.79. The van der Waals surface area contributed by atoms with Gasteiger partial charge in [-0.3, -0.25) is 9.59 Å². The van der Waals surface area contributed by atoms with Crippen LogP contribution < -0.4 is 0 Å². The van der Waals surface area contributed by atoms with E-state index in [1.54, 1.807) is 0 Å². The van der Waals surface area contributed by atoms with Crippen molar-refractivity contribution in [1.29, 1.82) is 0 Å². The molecule has 7 heteroatoms. The molecule has 1 fully saturated rings. The van der Waals surface area contributed by atoms with Crippen molar-refractivity contribution in [3.8, 4) is 0 Å². The first-order chi connectivity index (χ1) is 6.49. The molecular formula is C7H5F2NO4. The highest BCUT2D eigenvalue weighted by Gasteiger charge is 2.51. The number of rotatable bonds is 2. The van der Waals surface area contributed by atoms with Crippen molar-refractivity contribution in [3.05, 3.63) is 12.7 Å². The maximum atomic E-state index is 12.6. The summed E-state index contributed by atoms with van der Waals surface area (Å²) in [6, 6.07) is 0. The Kier molecular flexibility index (Phi) is 2.59. The Morgan fingerprint density at radius 3 is 2.14 bits per heavy atom. The fourth-order valence-corrected chi connectivity index (χ4v) is 0.800. The first-order valence-electron chi connectivity index (χ1n) is 3.49. The van der Waals surface area contributed by atoms with Crippen LogP contribution in [0.4, 0.5) is 8.78 Å². The van der Waals surface area contributed by atoms with Gasteiger partial charge in [0.05, 0.1) is 0 Å². The van der Waals surface area contributed by atoms with E-state index in [-0.39, 0.29) is 5.06 Å². The van der Waals surface area contributed by atoms with Crippen molar-refractivity contribution in [3.63, 3.8) is 0 Å². The van der Waals surface area contributed by atoms with Crippen LogP contribution in [-0.2, 0) is 19.2 Å². The Morgan fingerprint density at radius 2 is 1.79 bits per heavy atom. The van der Waals surface area contributed by atoms with Gasteiger partial charge in [-0.2, -0.15) is 0 Å². The van der Waals surface area contributed by atoms with Crippen molar-refractivity contribution in [2.75, 3.05) is 0 Å². The van der Waals surface area contributed by atoms with E-state index in [1.165, 1.54) is 0 Å². The molecule has 2 atom stereocenters. The van der Waals surface area contributed by atoms with Crippen LogP contribution in [0.5, 0.6) is 0 Å². The van der Waals surface area contributed by atoms with Gasteiger partial charge in [-0.05, 0) is 0 Å². The van der Waals surface area contributed by atoms with E-state index in [9.17, 15) is 23.2 Å².